The molecular weight excluding hydrogens is 390 g/mol. The number of carbonyl (C=O) groups is 2. The molecule has 0 heterocycles. The van der Waals surface area contributed by atoms with Gasteiger partial charge in [0.2, 0.25) is 10.0 Å². The smallest absolute Gasteiger partial charge is 0.338 e. The maximum absolute atomic E-state index is 12.0. The van der Waals surface area contributed by atoms with Crippen LogP contribution in [0.1, 0.15) is 22.8 Å². The topological polar surface area (TPSA) is 90.0 Å². The summed E-state index contributed by atoms with van der Waals surface area (Å²) in [6, 6.07) is 3.78. The third kappa shape index (κ3) is 5.02. The Balaban J connectivity index is 3.30. The van der Waals surface area contributed by atoms with Crippen molar-refractivity contribution in [3.8, 4) is 0 Å². The molecule has 9 heteroatoms. The summed E-state index contributed by atoms with van der Waals surface area (Å²) < 4.78 is 34.9. The minimum atomic E-state index is -3.71. The molecule has 128 valence electrons. The predicted octanol–water partition coefficient (Wildman–Crippen LogP) is 1.56. The highest BCUT2D eigenvalue weighted by Crippen LogP contribution is 2.21. The van der Waals surface area contributed by atoms with Gasteiger partial charge in [0.25, 0.3) is 0 Å². The van der Waals surface area contributed by atoms with Gasteiger partial charge in [0.15, 0.2) is 0 Å². The maximum Gasteiger partial charge on any atom is 0.338 e. The lowest BCUT2D eigenvalue weighted by atomic mass is 10.1. The zero-order chi connectivity index (χ0) is 17.8. The van der Waals surface area contributed by atoms with E-state index in [1.165, 1.54) is 27.2 Å². The molecule has 0 aliphatic carbocycles. The summed E-state index contributed by atoms with van der Waals surface area (Å²) in [5, 5.41) is 0. The lowest BCUT2D eigenvalue weighted by molar-refractivity contribution is -0.144. The Morgan fingerprint density at radius 2 is 1.87 bits per heavy atom. The number of hydrogen-bond donors (Lipinski definition) is 0. The van der Waals surface area contributed by atoms with E-state index in [9.17, 15) is 18.0 Å². The van der Waals surface area contributed by atoms with Gasteiger partial charge in [-0.15, -0.1) is 0 Å². The van der Waals surface area contributed by atoms with Gasteiger partial charge in [0, 0.05) is 11.0 Å². The molecule has 1 unspecified atom stereocenters. The minimum absolute atomic E-state index is 0.160. The first kappa shape index (κ1) is 19.6. The van der Waals surface area contributed by atoms with Crippen LogP contribution in [-0.4, -0.2) is 51.2 Å². The molecule has 0 aliphatic rings. The molecule has 0 aromatic heterocycles. The van der Waals surface area contributed by atoms with E-state index in [1.54, 1.807) is 12.1 Å². The number of benzene rings is 1. The fourth-order valence-corrected chi connectivity index (χ4v) is 3.38. The van der Waals surface area contributed by atoms with Crippen LogP contribution in [-0.2, 0) is 30.8 Å². The van der Waals surface area contributed by atoms with Gasteiger partial charge in [-0.25, -0.2) is 13.2 Å². The first-order valence-electron chi connectivity index (χ1n) is 6.53. The van der Waals surface area contributed by atoms with Crippen LogP contribution in [0.2, 0.25) is 0 Å². The number of ether oxygens (including phenoxy) is 2. The van der Waals surface area contributed by atoms with Crippen LogP contribution in [0, 0.1) is 0 Å². The van der Waals surface area contributed by atoms with Crippen molar-refractivity contribution in [1.82, 2.24) is 4.31 Å². The molecule has 23 heavy (non-hydrogen) atoms. The molecule has 1 atom stereocenters. The Labute approximate surface area is 143 Å². The van der Waals surface area contributed by atoms with Gasteiger partial charge in [-0.3, -0.25) is 4.79 Å². The predicted molar refractivity (Wildman–Crippen MR) is 87.3 cm³/mol. The van der Waals surface area contributed by atoms with Crippen LogP contribution < -0.4 is 0 Å². The standard InChI is InChI=1S/C14H18BrNO6S/c1-9(13(17)21-2)16(23(4,19)20)8-10-5-6-11(15)7-12(10)14(18)22-3/h5-7,9H,8H2,1-4H3. The maximum atomic E-state index is 12.0. The number of sulfonamides is 1. The summed E-state index contributed by atoms with van der Waals surface area (Å²) in [6.45, 7) is 1.26. The highest BCUT2D eigenvalue weighted by molar-refractivity contribution is 9.10. The summed E-state index contributed by atoms with van der Waals surface area (Å²) in [5.41, 5.74) is 0.633. The molecule has 0 N–H and O–H groups in total. The van der Waals surface area contributed by atoms with Crippen molar-refractivity contribution in [2.75, 3.05) is 20.5 Å². The number of rotatable bonds is 6. The first-order valence-corrected chi connectivity index (χ1v) is 9.17. The molecule has 0 saturated heterocycles. The third-order valence-electron chi connectivity index (χ3n) is 3.20. The molecule has 0 spiro atoms. The highest BCUT2D eigenvalue weighted by atomic mass is 79.9. The number of methoxy groups -OCH3 is 2. The molecule has 7 nitrogen and oxygen atoms in total. The van der Waals surface area contributed by atoms with Crippen LogP contribution in [0.3, 0.4) is 0 Å². The van der Waals surface area contributed by atoms with E-state index < -0.39 is 28.0 Å². The van der Waals surface area contributed by atoms with E-state index >= 15 is 0 Å². The lowest BCUT2D eigenvalue weighted by Crippen LogP contribution is -2.43. The fraction of sp³-hybridized carbons (Fsp3) is 0.429. The summed E-state index contributed by atoms with van der Waals surface area (Å²) in [5.74, 6) is -1.28. The molecule has 0 radical (unpaired) electrons. The van der Waals surface area contributed by atoms with Crippen LogP contribution >= 0.6 is 15.9 Å². The van der Waals surface area contributed by atoms with Gasteiger partial charge < -0.3 is 9.47 Å². The number of esters is 2. The van der Waals surface area contributed by atoms with Gasteiger partial charge in [0.1, 0.15) is 6.04 Å². The second-order valence-corrected chi connectivity index (χ2v) is 7.65. The summed E-state index contributed by atoms with van der Waals surface area (Å²) in [7, 11) is -1.29. The van der Waals surface area contributed by atoms with Crippen molar-refractivity contribution in [2.45, 2.75) is 19.5 Å². The summed E-state index contributed by atoms with van der Waals surface area (Å²) in [4.78, 5) is 23.6. The molecule has 0 saturated carbocycles. The Morgan fingerprint density at radius 1 is 1.26 bits per heavy atom. The van der Waals surface area contributed by atoms with E-state index in [-0.39, 0.29) is 12.1 Å². The Hall–Kier alpha value is -1.45. The average Bonchev–Trinajstić information content (AvgIpc) is 2.50. The largest absolute Gasteiger partial charge is 0.468 e. The quantitative estimate of drug-likeness (QED) is 0.664. The van der Waals surface area contributed by atoms with E-state index in [2.05, 4.69) is 20.7 Å². The second-order valence-electron chi connectivity index (χ2n) is 4.80. The summed E-state index contributed by atoms with van der Waals surface area (Å²) >= 11 is 3.25. The summed E-state index contributed by atoms with van der Waals surface area (Å²) in [6.07, 6.45) is 0.989. The zero-order valence-corrected chi connectivity index (χ0v) is 15.6. The Kier molecular flexibility index (Phi) is 6.72. The van der Waals surface area contributed by atoms with Crippen molar-refractivity contribution in [2.24, 2.45) is 0 Å². The normalized spacial score (nSPS) is 12.8. The van der Waals surface area contributed by atoms with Crippen molar-refractivity contribution in [3.05, 3.63) is 33.8 Å². The van der Waals surface area contributed by atoms with Crippen LogP contribution in [0.5, 0.6) is 0 Å². The van der Waals surface area contributed by atoms with Crippen molar-refractivity contribution < 1.29 is 27.5 Å². The van der Waals surface area contributed by atoms with E-state index in [1.807, 2.05) is 0 Å². The van der Waals surface area contributed by atoms with Crippen molar-refractivity contribution in [1.29, 1.82) is 0 Å². The van der Waals surface area contributed by atoms with E-state index in [4.69, 9.17) is 4.74 Å². The second kappa shape index (κ2) is 7.89. The van der Waals surface area contributed by atoms with Gasteiger partial charge >= 0.3 is 11.9 Å². The minimum Gasteiger partial charge on any atom is -0.468 e. The van der Waals surface area contributed by atoms with Gasteiger partial charge in [0.05, 0.1) is 26.0 Å². The lowest BCUT2D eigenvalue weighted by Gasteiger charge is -2.25. The molecule has 0 aliphatic heterocycles. The van der Waals surface area contributed by atoms with Crippen LogP contribution in [0.15, 0.2) is 22.7 Å². The van der Waals surface area contributed by atoms with Gasteiger partial charge in [-0.2, -0.15) is 4.31 Å². The molecule has 0 fully saturated rings. The Morgan fingerprint density at radius 3 is 2.35 bits per heavy atom. The molecule has 1 aromatic rings. The van der Waals surface area contributed by atoms with E-state index in [0.717, 1.165) is 10.6 Å². The molecule has 1 aromatic carbocycles. The first-order chi connectivity index (χ1) is 10.6. The van der Waals surface area contributed by atoms with E-state index in [0.29, 0.717) is 10.0 Å². The number of hydrogen-bond acceptors (Lipinski definition) is 6. The SMILES string of the molecule is COC(=O)c1cc(Br)ccc1CN(C(C)C(=O)OC)S(C)(=O)=O. The van der Waals surface area contributed by atoms with Crippen LogP contribution in [0.25, 0.3) is 0 Å². The zero-order valence-electron chi connectivity index (χ0n) is 13.2. The van der Waals surface area contributed by atoms with Crippen LogP contribution in [0.4, 0.5) is 0 Å². The number of halogens is 1. The number of nitrogens with zero attached hydrogens (tertiary/aromatic N) is 1. The van der Waals surface area contributed by atoms with Crippen molar-refractivity contribution >= 4 is 37.9 Å². The average molecular weight is 408 g/mol. The number of carbonyl (C=O) groups excluding carboxylic acids is 2. The van der Waals surface area contributed by atoms with Gasteiger partial charge in [-0.1, -0.05) is 22.0 Å². The molecule has 0 amide bonds. The molecule has 1 rings (SSSR count). The highest BCUT2D eigenvalue weighted by Gasteiger charge is 2.30. The monoisotopic (exact) mass is 407 g/mol. The molecular formula is C14H18BrNO6S. The van der Waals surface area contributed by atoms with Gasteiger partial charge in [-0.05, 0) is 24.6 Å². The fourth-order valence-electron chi connectivity index (χ4n) is 1.98. The Bertz CT molecular complexity index is 703. The third-order valence-corrected chi connectivity index (χ3v) is 4.99. The van der Waals surface area contributed by atoms with Crippen molar-refractivity contribution in [3.63, 3.8) is 0 Å². The molecule has 0 bridgehead atoms.